The van der Waals surface area contributed by atoms with Gasteiger partial charge < -0.3 is 14.0 Å². The zero-order valence-corrected chi connectivity index (χ0v) is 11.8. The highest BCUT2D eigenvalue weighted by Gasteiger charge is 2.25. The predicted molar refractivity (Wildman–Crippen MR) is 72.9 cm³/mol. The van der Waals surface area contributed by atoms with E-state index in [0.717, 1.165) is 42.2 Å². The summed E-state index contributed by atoms with van der Waals surface area (Å²) in [6.07, 6.45) is 6.70. The summed E-state index contributed by atoms with van der Waals surface area (Å²) in [7, 11) is 0. The summed E-state index contributed by atoms with van der Waals surface area (Å²) in [6, 6.07) is 0.376. The zero-order valence-electron chi connectivity index (χ0n) is 10.2. The van der Waals surface area contributed by atoms with Crippen LogP contribution in [0.5, 0.6) is 0 Å². The smallest absolute Gasteiger partial charge is 0.180 e. The third-order valence-electron chi connectivity index (χ3n) is 3.30. The molecule has 0 N–H and O–H groups in total. The average Bonchev–Trinajstić information content (AvgIpc) is 2.85. The van der Waals surface area contributed by atoms with E-state index in [2.05, 4.69) is 37.7 Å². The summed E-state index contributed by atoms with van der Waals surface area (Å²) in [5, 5.41) is 0. The number of nitrogens with zero attached hydrogens (tertiary/aromatic N) is 4. The van der Waals surface area contributed by atoms with E-state index in [0.29, 0.717) is 6.04 Å². The lowest BCUT2D eigenvalue weighted by Gasteiger charge is -2.36. The van der Waals surface area contributed by atoms with Crippen LogP contribution in [-0.2, 0) is 4.74 Å². The molecule has 5 nitrogen and oxygen atoms in total. The van der Waals surface area contributed by atoms with Gasteiger partial charge in [0.25, 0.3) is 0 Å². The van der Waals surface area contributed by atoms with Crippen LogP contribution in [0.4, 0.5) is 5.82 Å². The first-order valence-electron chi connectivity index (χ1n) is 6.13. The van der Waals surface area contributed by atoms with Gasteiger partial charge >= 0.3 is 0 Å². The Bertz CT molecular complexity index is 556. The van der Waals surface area contributed by atoms with Crippen molar-refractivity contribution in [3.8, 4) is 0 Å². The first-order valence-corrected chi connectivity index (χ1v) is 6.92. The highest BCUT2D eigenvalue weighted by Crippen LogP contribution is 2.25. The van der Waals surface area contributed by atoms with Gasteiger partial charge in [-0.3, -0.25) is 0 Å². The molecule has 1 saturated heterocycles. The van der Waals surface area contributed by atoms with E-state index >= 15 is 0 Å². The summed E-state index contributed by atoms with van der Waals surface area (Å²) >= 11 is 3.46. The Hall–Kier alpha value is -1.14. The molecule has 0 aromatic carbocycles. The SMILES string of the molecule is CCC1COCCN1c1nc(Br)cn2ccnc12. The van der Waals surface area contributed by atoms with E-state index in [1.54, 1.807) is 6.20 Å². The molecule has 6 heteroatoms. The molecule has 1 fully saturated rings. The number of fused-ring (bicyclic) bond motifs is 1. The molecule has 3 rings (SSSR count). The number of rotatable bonds is 2. The van der Waals surface area contributed by atoms with Crippen LogP contribution in [0.1, 0.15) is 13.3 Å². The molecule has 18 heavy (non-hydrogen) atoms. The number of hydrogen-bond acceptors (Lipinski definition) is 4. The normalized spacial score (nSPS) is 20.6. The minimum absolute atomic E-state index is 0.376. The van der Waals surface area contributed by atoms with Gasteiger partial charge in [0, 0.05) is 25.1 Å². The molecule has 0 aliphatic carbocycles. The van der Waals surface area contributed by atoms with Crippen LogP contribution in [-0.4, -0.2) is 40.2 Å². The molecule has 2 aromatic heterocycles. The highest BCUT2D eigenvalue weighted by atomic mass is 79.9. The predicted octanol–water partition coefficient (Wildman–Crippen LogP) is 2.11. The number of morpholine rings is 1. The lowest BCUT2D eigenvalue weighted by Crippen LogP contribution is -2.45. The molecule has 0 spiro atoms. The molecule has 0 bridgehead atoms. The molecule has 2 aromatic rings. The van der Waals surface area contributed by atoms with Crippen LogP contribution in [0.25, 0.3) is 5.65 Å². The maximum Gasteiger partial charge on any atom is 0.180 e. The Morgan fingerprint density at radius 1 is 1.56 bits per heavy atom. The van der Waals surface area contributed by atoms with E-state index in [1.165, 1.54) is 0 Å². The quantitative estimate of drug-likeness (QED) is 0.852. The second kappa shape index (κ2) is 4.85. The van der Waals surface area contributed by atoms with Crippen LogP contribution in [0.2, 0.25) is 0 Å². The van der Waals surface area contributed by atoms with Crippen molar-refractivity contribution in [1.82, 2.24) is 14.4 Å². The van der Waals surface area contributed by atoms with Crippen LogP contribution in [0.3, 0.4) is 0 Å². The molecule has 1 aliphatic rings. The van der Waals surface area contributed by atoms with Crippen LogP contribution in [0, 0.1) is 0 Å². The number of ether oxygens (including phenoxy) is 1. The largest absolute Gasteiger partial charge is 0.377 e. The number of aromatic nitrogens is 3. The molecule has 0 amide bonds. The van der Waals surface area contributed by atoms with Crippen molar-refractivity contribution in [2.75, 3.05) is 24.7 Å². The summed E-state index contributed by atoms with van der Waals surface area (Å²) in [5.41, 5.74) is 0.901. The van der Waals surface area contributed by atoms with Crippen LogP contribution >= 0.6 is 15.9 Å². The van der Waals surface area contributed by atoms with Crippen LogP contribution < -0.4 is 4.90 Å². The fourth-order valence-corrected chi connectivity index (χ4v) is 2.74. The number of anilines is 1. The van der Waals surface area contributed by atoms with Gasteiger partial charge in [-0.05, 0) is 22.4 Å². The lowest BCUT2D eigenvalue weighted by atomic mass is 10.2. The van der Waals surface area contributed by atoms with Crippen LogP contribution in [0.15, 0.2) is 23.2 Å². The topological polar surface area (TPSA) is 42.7 Å². The molecule has 3 heterocycles. The summed E-state index contributed by atoms with van der Waals surface area (Å²) in [4.78, 5) is 11.3. The van der Waals surface area contributed by atoms with Crippen molar-refractivity contribution in [3.63, 3.8) is 0 Å². The second-order valence-corrected chi connectivity index (χ2v) is 5.19. The minimum atomic E-state index is 0.376. The molecule has 1 unspecified atom stereocenters. The molecule has 96 valence electrons. The van der Waals surface area contributed by atoms with Gasteiger partial charge in [-0.15, -0.1) is 0 Å². The fourth-order valence-electron chi connectivity index (χ4n) is 2.35. The molecular weight excluding hydrogens is 296 g/mol. The first-order chi connectivity index (χ1) is 8.79. The van der Waals surface area contributed by atoms with Gasteiger partial charge in [0.05, 0.1) is 19.3 Å². The Labute approximate surface area is 114 Å². The minimum Gasteiger partial charge on any atom is -0.377 e. The Morgan fingerprint density at radius 3 is 3.28 bits per heavy atom. The van der Waals surface area contributed by atoms with E-state index in [4.69, 9.17) is 4.74 Å². The van der Waals surface area contributed by atoms with E-state index in [-0.39, 0.29) is 0 Å². The molecule has 1 aliphatic heterocycles. The zero-order chi connectivity index (χ0) is 12.5. The summed E-state index contributed by atoms with van der Waals surface area (Å²) in [5.74, 6) is 0.935. The first kappa shape index (κ1) is 11.9. The Morgan fingerprint density at radius 2 is 2.44 bits per heavy atom. The number of hydrogen-bond donors (Lipinski definition) is 0. The molecule has 0 saturated carbocycles. The van der Waals surface area contributed by atoms with E-state index in [9.17, 15) is 0 Å². The van der Waals surface area contributed by atoms with Crippen molar-refractivity contribution in [1.29, 1.82) is 0 Å². The van der Waals surface area contributed by atoms with Crippen molar-refractivity contribution in [3.05, 3.63) is 23.2 Å². The van der Waals surface area contributed by atoms with Gasteiger partial charge in [0.2, 0.25) is 0 Å². The second-order valence-electron chi connectivity index (χ2n) is 4.38. The maximum atomic E-state index is 5.54. The number of halogens is 1. The van der Waals surface area contributed by atoms with Gasteiger partial charge in [-0.1, -0.05) is 6.92 Å². The standard InChI is InChI=1S/C12H15BrN4O/c1-2-9-8-18-6-5-17(9)12-11-14-3-4-16(11)7-10(13)15-12/h3-4,7,9H,2,5-6,8H2,1H3. The van der Waals surface area contributed by atoms with E-state index in [1.807, 2.05) is 16.8 Å². The monoisotopic (exact) mass is 310 g/mol. The van der Waals surface area contributed by atoms with Crippen molar-refractivity contribution in [2.45, 2.75) is 19.4 Å². The van der Waals surface area contributed by atoms with Gasteiger partial charge in [0.1, 0.15) is 4.60 Å². The third kappa shape index (κ3) is 1.99. The average molecular weight is 311 g/mol. The molecule has 1 atom stereocenters. The molecule has 0 radical (unpaired) electrons. The molecular formula is C12H15BrN4O. The Balaban J connectivity index is 2.08. The summed E-state index contributed by atoms with van der Waals surface area (Å²) < 4.78 is 8.36. The Kier molecular flexibility index (Phi) is 3.22. The maximum absolute atomic E-state index is 5.54. The lowest BCUT2D eigenvalue weighted by molar-refractivity contribution is 0.0926. The van der Waals surface area contributed by atoms with Crippen molar-refractivity contribution < 1.29 is 4.74 Å². The fraction of sp³-hybridized carbons (Fsp3) is 0.500. The van der Waals surface area contributed by atoms with Gasteiger partial charge in [-0.25, -0.2) is 9.97 Å². The number of imidazole rings is 1. The van der Waals surface area contributed by atoms with Crippen molar-refractivity contribution >= 4 is 27.4 Å². The third-order valence-corrected chi connectivity index (χ3v) is 3.68. The van der Waals surface area contributed by atoms with E-state index < -0.39 is 0 Å². The van der Waals surface area contributed by atoms with Crippen molar-refractivity contribution in [2.24, 2.45) is 0 Å². The highest BCUT2D eigenvalue weighted by molar-refractivity contribution is 9.10. The van der Waals surface area contributed by atoms with Gasteiger partial charge in [0.15, 0.2) is 11.5 Å². The summed E-state index contributed by atoms with van der Waals surface area (Å²) in [6.45, 7) is 4.55. The van der Waals surface area contributed by atoms with Gasteiger partial charge in [-0.2, -0.15) is 0 Å².